The second kappa shape index (κ2) is 5.87. The standard InChI is InChI=1S/C19H23N5O2/c25-11-19(5-1-2-6-19)22-18(26)16-14-9-12-3-4-13(12)17(14)24(23-16)15-10-20-7-8-21-15/h7-8,10,12-13,25H,1-6,9,11H2,(H,22,26)/t12-,13-/m0/s1. The van der Waals surface area contributed by atoms with Crippen molar-refractivity contribution in [2.45, 2.75) is 56.4 Å². The van der Waals surface area contributed by atoms with Gasteiger partial charge in [0.05, 0.1) is 24.0 Å². The largest absolute Gasteiger partial charge is 0.394 e. The number of aliphatic hydroxyl groups is 1. The lowest BCUT2D eigenvalue weighted by atomic mass is 9.75. The molecule has 0 aliphatic heterocycles. The number of hydrogen-bond acceptors (Lipinski definition) is 5. The maximum absolute atomic E-state index is 13.1. The van der Waals surface area contributed by atoms with Crippen molar-refractivity contribution < 1.29 is 9.90 Å². The molecule has 2 heterocycles. The summed E-state index contributed by atoms with van der Waals surface area (Å²) in [4.78, 5) is 21.6. The van der Waals surface area contributed by atoms with E-state index in [2.05, 4.69) is 20.4 Å². The quantitative estimate of drug-likeness (QED) is 0.873. The van der Waals surface area contributed by atoms with Crippen LogP contribution in [0.1, 0.15) is 66.2 Å². The summed E-state index contributed by atoms with van der Waals surface area (Å²) in [5, 5.41) is 17.6. The second-order valence-corrected chi connectivity index (χ2v) is 7.94. The number of nitrogens with zero attached hydrogens (tertiary/aromatic N) is 4. The average molecular weight is 353 g/mol. The molecule has 3 aliphatic rings. The van der Waals surface area contributed by atoms with E-state index in [1.54, 1.807) is 18.6 Å². The second-order valence-electron chi connectivity index (χ2n) is 7.94. The van der Waals surface area contributed by atoms with Crippen LogP contribution < -0.4 is 5.32 Å². The first kappa shape index (κ1) is 15.9. The highest BCUT2D eigenvalue weighted by Crippen LogP contribution is 2.52. The minimum absolute atomic E-state index is 0.0168. The van der Waals surface area contributed by atoms with Crippen LogP contribution in [0.25, 0.3) is 5.82 Å². The first-order chi connectivity index (χ1) is 12.7. The maximum Gasteiger partial charge on any atom is 0.272 e. The van der Waals surface area contributed by atoms with Crippen LogP contribution in [0.5, 0.6) is 0 Å². The minimum atomic E-state index is -0.488. The van der Waals surface area contributed by atoms with Gasteiger partial charge in [-0.2, -0.15) is 5.10 Å². The molecule has 0 bridgehead atoms. The number of amides is 1. The molecule has 7 nitrogen and oxygen atoms in total. The fourth-order valence-corrected chi connectivity index (χ4v) is 4.91. The van der Waals surface area contributed by atoms with Crippen LogP contribution in [0, 0.1) is 5.92 Å². The Morgan fingerprint density at radius 1 is 1.31 bits per heavy atom. The zero-order chi connectivity index (χ0) is 17.7. The van der Waals surface area contributed by atoms with Gasteiger partial charge >= 0.3 is 0 Å². The van der Waals surface area contributed by atoms with Gasteiger partial charge < -0.3 is 10.4 Å². The smallest absolute Gasteiger partial charge is 0.272 e. The summed E-state index contributed by atoms with van der Waals surface area (Å²) in [6.45, 7) is -0.0168. The Kier molecular flexibility index (Phi) is 3.60. The topological polar surface area (TPSA) is 92.9 Å². The molecule has 0 unspecified atom stereocenters. The highest BCUT2D eigenvalue weighted by Gasteiger charge is 2.46. The van der Waals surface area contributed by atoms with Crippen LogP contribution in [0.4, 0.5) is 0 Å². The van der Waals surface area contributed by atoms with Gasteiger partial charge in [0.25, 0.3) is 5.91 Å². The van der Waals surface area contributed by atoms with Crippen LogP contribution in [-0.2, 0) is 6.42 Å². The monoisotopic (exact) mass is 353 g/mol. The predicted octanol–water partition coefficient (Wildman–Crippen LogP) is 1.75. The summed E-state index contributed by atoms with van der Waals surface area (Å²) in [7, 11) is 0. The maximum atomic E-state index is 13.1. The number of fused-ring (bicyclic) bond motifs is 3. The lowest BCUT2D eigenvalue weighted by Gasteiger charge is -2.31. The average Bonchev–Trinajstić information content (AvgIpc) is 3.31. The van der Waals surface area contributed by atoms with Crippen molar-refractivity contribution in [2.75, 3.05) is 6.61 Å². The van der Waals surface area contributed by atoms with Gasteiger partial charge in [-0.1, -0.05) is 12.8 Å². The Balaban J connectivity index is 1.54. The van der Waals surface area contributed by atoms with Crippen LogP contribution in [-0.4, -0.2) is 42.9 Å². The summed E-state index contributed by atoms with van der Waals surface area (Å²) in [5.74, 6) is 1.59. The molecule has 0 saturated heterocycles. The highest BCUT2D eigenvalue weighted by molar-refractivity contribution is 5.95. The van der Waals surface area contributed by atoms with Crippen molar-refractivity contribution in [3.63, 3.8) is 0 Å². The van der Waals surface area contributed by atoms with E-state index in [1.807, 2.05) is 4.68 Å². The Labute approximate surface area is 151 Å². The Morgan fingerprint density at radius 3 is 2.81 bits per heavy atom. The van der Waals surface area contributed by atoms with Crippen molar-refractivity contribution >= 4 is 5.91 Å². The molecule has 2 saturated carbocycles. The van der Waals surface area contributed by atoms with E-state index in [0.29, 0.717) is 23.3 Å². The number of aliphatic hydroxyl groups excluding tert-OH is 1. The van der Waals surface area contributed by atoms with E-state index < -0.39 is 5.54 Å². The first-order valence-electron chi connectivity index (χ1n) is 9.52. The normalized spacial score (nSPS) is 25.4. The fourth-order valence-electron chi connectivity index (χ4n) is 4.91. The number of rotatable bonds is 4. The molecule has 0 spiro atoms. The Morgan fingerprint density at radius 2 is 2.15 bits per heavy atom. The van der Waals surface area contributed by atoms with Crippen LogP contribution in [0.3, 0.4) is 0 Å². The van der Waals surface area contributed by atoms with Crippen molar-refractivity contribution in [2.24, 2.45) is 5.92 Å². The summed E-state index contributed by atoms with van der Waals surface area (Å²) in [5.41, 5.74) is 2.21. The van der Waals surface area contributed by atoms with Crippen molar-refractivity contribution in [3.05, 3.63) is 35.5 Å². The molecule has 26 heavy (non-hydrogen) atoms. The van der Waals surface area contributed by atoms with Gasteiger partial charge in [0.2, 0.25) is 0 Å². The molecule has 136 valence electrons. The summed E-state index contributed by atoms with van der Waals surface area (Å²) in [6.07, 6.45) is 12.0. The van der Waals surface area contributed by atoms with Gasteiger partial charge in [0.1, 0.15) is 0 Å². The van der Waals surface area contributed by atoms with Gasteiger partial charge in [-0.25, -0.2) is 9.67 Å². The van der Waals surface area contributed by atoms with E-state index >= 15 is 0 Å². The third-order valence-electron chi connectivity index (χ3n) is 6.48. The number of hydrogen-bond donors (Lipinski definition) is 2. The van der Waals surface area contributed by atoms with Gasteiger partial charge in [-0.15, -0.1) is 0 Å². The highest BCUT2D eigenvalue weighted by atomic mass is 16.3. The molecule has 1 amide bonds. The molecule has 2 aromatic heterocycles. The van der Waals surface area contributed by atoms with Crippen molar-refractivity contribution in [1.82, 2.24) is 25.1 Å². The molecular formula is C19H23N5O2. The molecule has 7 heteroatoms. The molecule has 5 rings (SSSR count). The third kappa shape index (κ3) is 2.30. The minimum Gasteiger partial charge on any atom is -0.394 e. The summed E-state index contributed by atoms with van der Waals surface area (Å²) in [6, 6.07) is 0. The molecule has 2 fully saturated rings. The lowest BCUT2D eigenvalue weighted by Crippen LogP contribution is -2.49. The molecule has 2 atom stereocenters. The number of carbonyl (C=O) groups is 1. The van der Waals surface area contributed by atoms with Crippen LogP contribution in [0.15, 0.2) is 18.6 Å². The van der Waals surface area contributed by atoms with Crippen LogP contribution in [0.2, 0.25) is 0 Å². The molecule has 2 aromatic rings. The summed E-state index contributed by atoms with van der Waals surface area (Å²) < 4.78 is 1.82. The van der Waals surface area contributed by atoms with Crippen molar-refractivity contribution in [3.8, 4) is 5.82 Å². The third-order valence-corrected chi connectivity index (χ3v) is 6.48. The zero-order valence-corrected chi connectivity index (χ0v) is 14.7. The van der Waals surface area contributed by atoms with E-state index in [1.165, 1.54) is 6.42 Å². The van der Waals surface area contributed by atoms with Gasteiger partial charge in [-0.05, 0) is 38.0 Å². The number of nitrogens with one attached hydrogen (secondary N) is 1. The molecular weight excluding hydrogens is 330 g/mol. The molecule has 3 aliphatic carbocycles. The number of carbonyl (C=O) groups excluding carboxylic acids is 1. The Bertz CT molecular complexity index is 841. The molecule has 0 radical (unpaired) electrons. The van der Waals surface area contributed by atoms with E-state index in [4.69, 9.17) is 0 Å². The van der Waals surface area contributed by atoms with E-state index in [-0.39, 0.29) is 12.5 Å². The van der Waals surface area contributed by atoms with Gasteiger partial charge in [0.15, 0.2) is 11.5 Å². The SMILES string of the molecule is O=C(NC1(CO)CCCC1)c1nn(-c2cnccn2)c2c1C[C@@H]1CC[C@H]21. The first-order valence-corrected chi connectivity index (χ1v) is 9.52. The molecule has 0 aromatic carbocycles. The summed E-state index contributed by atoms with van der Waals surface area (Å²) >= 11 is 0. The lowest BCUT2D eigenvalue weighted by molar-refractivity contribution is 0.0831. The predicted molar refractivity (Wildman–Crippen MR) is 94.1 cm³/mol. The fraction of sp³-hybridized carbons (Fsp3) is 0.579. The van der Waals surface area contributed by atoms with E-state index in [0.717, 1.165) is 49.8 Å². The zero-order valence-electron chi connectivity index (χ0n) is 14.7. The van der Waals surface area contributed by atoms with Gasteiger partial charge in [0, 0.05) is 23.9 Å². The van der Waals surface area contributed by atoms with E-state index in [9.17, 15) is 9.90 Å². The van der Waals surface area contributed by atoms with Gasteiger partial charge in [-0.3, -0.25) is 9.78 Å². The molecule has 2 N–H and O–H groups in total. The number of aromatic nitrogens is 4. The van der Waals surface area contributed by atoms with Crippen LogP contribution >= 0.6 is 0 Å². The Hall–Kier alpha value is -2.28. The van der Waals surface area contributed by atoms with Crippen molar-refractivity contribution in [1.29, 1.82) is 0 Å².